The van der Waals surface area contributed by atoms with Gasteiger partial charge in [0.25, 0.3) is 10.2 Å². The molecule has 170 valence electrons. The molecule has 1 saturated heterocycles. The second kappa shape index (κ2) is 10.2. The first-order valence-electron chi connectivity index (χ1n) is 8.83. The SMILES string of the molecule is COCCNS(=O)(=O)NCCNc1nonc1C1NC(=O)ON1c1ccc(F)c(Br)c1. The van der Waals surface area contributed by atoms with Crippen molar-refractivity contribution in [2.75, 3.05) is 43.7 Å². The highest BCUT2D eigenvalue weighted by molar-refractivity contribution is 9.10. The molecule has 0 radical (unpaired) electrons. The number of anilines is 2. The van der Waals surface area contributed by atoms with Crippen molar-refractivity contribution >= 4 is 43.7 Å². The van der Waals surface area contributed by atoms with Gasteiger partial charge in [0.2, 0.25) is 0 Å². The lowest BCUT2D eigenvalue weighted by Gasteiger charge is -2.21. The van der Waals surface area contributed by atoms with Crippen LogP contribution in [0.5, 0.6) is 0 Å². The molecule has 1 aliphatic rings. The van der Waals surface area contributed by atoms with E-state index in [4.69, 9.17) is 14.2 Å². The van der Waals surface area contributed by atoms with Crippen LogP contribution in [0.4, 0.5) is 20.7 Å². The third-order valence-electron chi connectivity index (χ3n) is 3.91. The van der Waals surface area contributed by atoms with Crippen molar-refractivity contribution in [1.82, 2.24) is 25.1 Å². The third-order valence-corrected chi connectivity index (χ3v) is 5.68. The van der Waals surface area contributed by atoms with E-state index in [0.29, 0.717) is 5.69 Å². The highest BCUT2D eigenvalue weighted by Gasteiger charge is 2.38. The second-order valence-corrected chi connectivity index (χ2v) is 8.50. The van der Waals surface area contributed by atoms with E-state index in [2.05, 4.69) is 46.3 Å². The summed E-state index contributed by atoms with van der Waals surface area (Å²) in [5.74, 6) is -0.322. The zero-order valence-electron chi connectivity index (χ0n) is 16.1. The van der Waals surface area contributed by atoms with E-state index in [1.165, 1.54) is 30.4 Å². The molecule has 0 spiro atoms. The molecule has 1 fully saturated rings. The van der Waals surface area contributed by atoms with Crippen molar-refractivity contribution in [3.8, 4) is 0 Å². The topological polar surface area (TPSA) is 160 Å². The number of rotatable bonds is 11. The first-order valence-corrected chi connectivity index (χ1v) is 11.1. The summed E-state index contributed by atoms with van der Waals surface area (Å²) in [7, 11) is -2.22. The van der Waals surface area contributed by atoms with Crippen LogP contribution in [0.15, 0.2) is 27.3 Å². The quantitative estimate of drug-likeness (QED) is 0.307. The summed E-state index contributed by atoms with van der Waals surface area (Å²) in [4.78, 5) is 17.0. The third kappa shape index (κ3) is 6.01. The first kappa shape index (κ1) is 23.1. The molecule has 2 aromatic rings. The maximum Gasteiger partial charge on any atom is 0.433 e. The summed E-state index contributed by atoms with van der Waals surface area (Å²) >= 11 is 3.08. The minimum absolute atomic E-state index is 0.0246. The molecule has 1 aromatic carbocycles. The largest absolute Gasteiger partial charge is 0.433 e. The van der Waals surface area contributed by atoms with Gasteiger partial charge in [-0.15, -0.1) is 0 Å². The van der Waals surface area contributed by atoms with Crippen LogP contribution in [0.25, 0.3) is 0 Å². The fourth-order valence-corrected chi connectivity index (χ4v) is 3.73. The minimum atomic E-state index is -3.68. The Morgan fingerprint density at radius 2 is 2.06 bits per heavy atom. The summed E-state index contributed by atoms with van der Waals surface area (Å²) < 4.78 is 51.5. The van der Waals surface area contributed by atoms with Gasteiger partial charge in [-0.1, -0.05) is 0 Å². The molecule has 2 heterocycles. The van der Waals surface area contributed by atoms with E-state index in [1.54, 1.807) is 0 Å². The van der Waals surface area contributed by atoms with Gasteiger partial charge in [0.1, 0.15) is 5.82 Å². The number of hydroxylamine groups is 1. The molecular formula is C15H19BrFN7O6S. The van der Waals surface area contributed by atoms with E-state index in [0.717, 1.165) is 0 Å². The summed E-state index contributed by atoms with van der Waals surface area (Å²) in [5.41, 5.74) is 0.535. The van der Waals surface area contributed by atoms with Crippen LogP contribution >= 0.6 is 15.9 Å². The number of hydrogen-bond acceptors (Lipinski definition) is 10. The van der Waals surface area contributed by atoms with Crippen molar-refractivity contribution in [3.63, 3.8) is 0 Å². The van der Waals surface area contributed by atoms with Crippen LogP contribution in [0.3, 0.4) is 0 Å². The normalized spacial score (nSPS) is 16.3. The van der Waals surface area contributed by atoms with Gasteiger partial charge in [-0.2, -0.15) is 18.2 Å². The van der Waals surface area contributed by atoms with Gasteiger partial charge in [0.05, 0.1) is 16.8 Å². The average Bonchev–Trinajstić information content (AvgIpc) is 3.33. The fraction of sp³-hybridized carbons (Fsp3) is 0.400. The molecule has 1 aromatic heterocycles. The maximum absolute atomic E-state index is 13.5. The Bertz CT molecular complexity index is 1020. The molecule has 4 N–H and O–H groups in total. The number of carbonyl (C=O) groups excluding carboxylic acids is 1. The van der Waals surface area contributed by atoms with Gasteiger partial charge in [0.15, 0.2) is 17.7 Å². The second-order valence-electron chi connectivity index (χ2n) is 6.06. The Morgan fingerprint density at radius 3 is 2.81 bits per heavy atom. The van der Waals surface area contributed by atoms with E-state index in [9.17, 15) is 17.6 Å². The Morgan fingerprint density at radius 1 is 1.29 bits per heavy atom. The van der Waals surface area contributed by atoms with Gasteiger partial charge >= 0.3 is 6.09 Å². The molecule has 1 atom stereocenters. The highest BCUT2D eigenvalue weighted by Crippen LogP contribution is 2.33. The molecule has 1 aliphatic heterocycles. The predicted octanol–water partition coefficient (Wildman–Crippen LogP) is 0.614. The van der Waals surface area contributed by atoms with Crippen LogP contribution in [-0.2, 0) is 19.8 Å². The molecule has 3 rings (SSSR count). The van der Waals surface area contributed by atoms with Crippen molar-refractivity contribution < 1.29 is 31.8 Å². The summed E-state index contributed by atoms with van der Waals surface area (Å²) in [6, 6.07) is 4.05. The Labute approximate surface area is 184 Å². The molecule has 0 bridgehead atoms. The number of halogens is 2. The van der Waals surface area contributed by atoms with Crippen LogP contribution in [-0.4, -0.2) is 58.2 Å². The smallest absolute Gasteiger partial charge is 0.383 e. The number of amides is 1. The molecule has 31 heavy (non-hydrogen) atoms. The van der Waals surface area contributed by atoms with Crippen LogP contribution in [0.2, 0.25) is 0 Å². The van der Waals surface area contributed by atoms with Crippen LogP contribution in [0, 0.1) is 5.82 Å². The van der Waals surface area contributed by atoms with Gasteiger partial charge in [-0.05, 0) is 44.4 Å². The summed E-state index contributed by atoms with van der Waals surface area (Å²) in [6.45, 7) is 0.531. The zero-order chi connectivity index (χ0) is 22.4. The van der Waals surface area contributed by atoms with Crippen molar-refractivity contribution in [2.24, 2.45) is 0 Å². The van der Waals surface area contributed by atoms with Crippen LogP contribution < -0.4 is 25.1 Å². The predicted molar refractivity (Wildman–Crippen MR) is 109 cm³/mol. The average molecular weight is 524 g/mol. The molecule has 1 unspecified atom stereocenters. The van der Waals surface area contributed by atoms with Gasteiger partial charge in [0, 0.05) is 26.7 Å². The van der Waals surface area contributed by atoms with Crippen LogP contribution in [0.1, 0.15) is 11.9 Å². The summed E-state index contributed by atoms with van der Waals surface area (Å²) in [5, 5.41) is 14.1. The van der Waals surface area contributed by atoms with Crippen molar-refractivity contribution in [3.05, 3.63) is 34.2 Å². The lowest BCUT2D eigenvalue weighted by Crippen LogP contribution is -2.40. The molecule has 1 amide bonds. The van der Waals surface area contributed by atoms with Gasteiger partial charge in [-0.25, -0.2) is 18.5 Å². The number of nitrogens with zero attached hydrogens (tertiary/aromatic N) is 3. The van der Waals surface area contributed by atoms with E-state index >= 15 is 0 Å². The fourth-order valence-electron chi connectivity index (χ4n) is 2.53. The van der Waals surface area contributed by atoms with Crippen molar-refractivity contribution in [1.29, 1.82) is 0 Å². The number of methoxy groups -OCH3 is 1. The zero-order valence-corrected chi connectivity index (χ0v) is 18.5. The number of hydrogen-bond donors (Lipinski definition) is 4. The van der Waals surface area contributed by atoms with Crippen molar-refractivity contribution in [2.45, 2.75) is 6.17 Å². The standard InChI is InChI=1S/C15H19BrFN7O6S/c1-28-7-6-20-31(26,27)19-5-4-18-13-12(22-30-23-13)14-21-15(25)29-24(14)9-2-3-11(17)10(16)8-9/h2-3,8,14,19-20H,4-7H2,1H3,(H,18,23)(H,21,25). The number of ether oxygens (including phenoxy) is 1. The molecule has 16 heteroatoms. The minimum Gasteiger partial charge on any atom is -0.383 e. The van der Waals surface area contributed by atoms with Gasteiger partial charge in [-0.3, -0.25) is 5.32 Å². The summed E-state index contributed by atoms with van der Waals surface area (Å²) in [6.07, 6.45) is -1.68. The number of nitrogens with one attached hydrogen (secondary N) is 4. The van der Waals surface area contributed by atoms with E-state index < -0.39 is 28.3 Å². The monoisotopic (exact) mass is 523 g/mol. The maximum atomic E-state index is 13.5. The molecular weight excluding hydrogens is 505 g/mol. The van der Waals surface area contributed by atoms with E-state index in [-0.39, 0.29) is 42.2 Å². The molecule has 0 saturated carbocycles. The Kier molecular flexibility index (Phi) is 7.60. The number of carbonyl (C=O) groups is 1. The molecule has 13 nitrogen and oxygen atoms in total. The molecule has 0 aliphatic carbocycles. The Hall–Kier alpha value is -2.53. The number of aromatic nitrogens is 2. The van der Waals surface area contributed by atoms with Gasteiger partial charge < -0.3 is 14.9 Å². The first-order chi connectivity index (χ1) is 14.8. The number of benzene rings is 1. The lowest BCUT2D eigenvalue weighted by atomic mass is 10.2. The van der Waals surface area contributed by atoms with E-state index in [1.807, 2.05) is 0 Å². The Balaban J connectivity index is 1.63. The highest BCUT2D eigenvalue weighted by atomic mass is 79.9. The lowest BCUT2D eigenvalue weighted by molar-refractivity contribution is 0.162.